The van der Waals surface area contributed by atoms with E-state index in [4.69, 9.17) is 5.26 Å². The van der Waals surface area contributed by atoms with E-state index >= 15 is 0 Å². The first kappa shape index (κ1) is 13.3. The number of nitrogens with zero attached hydrogens (tertiary/aromatic N) is 1. The molecular weight excluding hydrogens is 262 g/mol. The molecule has 21 heavy (non-hydrogen) atoms. The van der Waals surface area contributed by atoms with Gasteiger partial charge in [0.05, 0.1) is 11.6 Å². The van der Waals surface area contributed by atoms with Crippen molar-refractivity contribution in [2.45, 2.75) is 19.8 Å². The van der Waals surface area contributed by atoms with E-state index in [1.54, 1.807) is 30.3 Å². The number of hydrogen-bond donors (Lipinski definition) is 0. The molecule has 0 bridgehead atoms. The number of carbonyl (C=O) groups excluding carboxylic acids is 2. The van der Waals surface area contributed by atoms with Crippen LogP contribution in [0.1, 0.15) is 49.9 Å². The van der Waals surface area contributed by atoms with Gasteiger partial charge in [-0.05, 0) is 55.2 Å². The highest BCUT2D eigenvalue weighted by molar-refractivity contribution is 6.12. The Morgan fingerprint density at radius 1 is 1.05 bits per heavy atom. The minimum Gasteiger partial charge on any atom is -0.295 e. The van der Waals surface area contributed by atoms with Crippen LogP contribution in [0.2, 0.25) is 0 Å². The van der Waals surface area contributed by atoms with Gasteiger partial charge in [0.2, 0.25) is 0 Å². The van der Waals surface area contributed by atoms with Gasteiger partial charge in [0.25, 0.3) is 0 Å². The van der Waals surface area contributed by atoms with E-state index in [1.165, 1.54) is 6.92 Å². The summed E-state index contributed by atoms with van der Waals surface area (Å²) in [6, 6.07) is 12.6. The molecule has 102 valence electrons. The number of nitriles is 1. The number of fused-ring (bicyclic) bond motifs is 2. The molecule has 2 aromatic carbocycles. The van der Waals surface area contributed by atoms with Gasteiger partial charge in [0.1, 0.15) is 0 Å². The lowest BCUT2D eigenvalue weighted by molar-refractivity contribution is 0.101. The molecule has 1 aliphatic carbocycles. The average Bonchev–Trinajstić information content (AvgIpc) is 2.64. The van der Waals surface area contributed by atoms with Crippen LogP contribution in [-0.4, -0.2) is 11.6 Å². The van der Waals surface area contributed by atoms with E-state index in [2.05, 4.69) is 6.07 Å². The molecule has 0 unspecified atom stereocenters. The number of carbonyl (C=O) groups is 2. The fourth-order valence-electron chi connectivity index (χ4n) is 2.73. The maximum Gasteiger partial charge on any atom is 0.193 e. The van der Waals surface area contributed by atoms with Crippen molar-refractivity contribution >= 4 is 11.6 Å². The molecule has 1 aliphatic rings. The van der Waals surface area contributed by atoms with Crippen molar-refractivity contribution < 1.29 is 9.59 Å². The lowest BCUT2D eigenvalue weighted by Gasteiger charge is -2.07. The highest BCUT2D eigenvalue weighted by Crippen LogP contribution is 2.26. The minimum absolute atomic E-state index is 0.0464. The van der Waals surface area contributed by atoms with Crippen LogP contribution >= 0.6 is 0 Å². The summed E-state index contributed by atoms with van der Waals surface area (Å²) in [5, 5.41) is 8.97. The van der Waals surface area contributed by atoms with E-state index in [1.807, 2.05) is 6.07 Å². The van der Waals surface area contributed by atoms with Gasteiger partial charge >= 0.3 is 0 Å². The zero-order valence-corrected chi connectivity index (χ0v) is 11.6. The van der Waals surface area contributed by atoms with Crippen LogP contribution in [0.25, 0.3) is 0 Å². The fraction of sp³-hybridized carbons (Fsp3) is 0.167. The highest BCUT2D eigenvalue weighted by atomic mass is 16.1. The molecule has 0 saturated carbocycles. The van der Waals surface area contributed by atoms with E-state index < -0.39 is 0 Å². The topological polar surface area (TPSA) is 57.9 Å². The lowest BCUT2D eigenvalue weighted by Crippen LogP contribution is -2.06. The molecule has 0 heterocycles. The van der Waals surface area contributed by atoms with E-state index in [-0.39, 0.29) is 11.6 Å². The molecule has 0 spiro atoms. The Morgan fingerprint density at radius 2 is 1.81 bits per heavy atom. The normalized spacial score (nSPS) is 12.9. The third-order valence-corrected chi connectivity index (χ3v) is 3.90. The summed E-state index contributed by atoms with van der Waals surface area (Å²) in [7, 11) is 0. The number of hydrogen-bond acceptors (Lipinski definition) is 3. The Morgan fingerprint density at radius 3 is 2.52 bits per heavy atom. The zero-order valence-electron chi connectivity index (χ0n) is 11.6. The summed E-state index contributed by atoms with van der Waals surface area (Å²) in [4.78, 5) is 24.2. The monoisotopic (exact) mass is 275 g/mol. The summed E-state index contributed by atoms with van der Waals surface area (Å²) in [5.41, 5.74) is 4.22. The van der Waals surface area contributed by atoms with Crippen molar-refractivity contribution in [1.29, 1.82) is 5.26 Å². The van der Waals surface area contributed by atoms with Crippen LogP contribution in [0.5, 0.6) is 0 Å². The van der Waals surface area contributed by atoms with Gasteiger partial charge in [-0.25, -0.2) is 0 Å². The number of Topliss-reactive ketones (excluding diaryl/α,β-unsaturated/α-hetero) is 1. The highest BCUT2D eigenvalue weighted by Gasteiger charge is 2.22. The fourth-order valence-corrected chi connectivity index (χ4v) is 2.73. The molecular formula is C18H13NO2. The molecule has 0 radical (unpaired) electrons. The molecule has 3 rings (SSSR count). The van der Waals surface area contributed by atoms with Crippen molar-refractivity contribution in [3.05, 3.63) is 69.8 Å². The van der Waals surface area contributed by atoms with Crippen LogP contribution in [0.15, 0.2) is 36.4 Å². The standard InChI is InChI=1S/C18H13NO2/c1-11(20)14-5-3-13-4-6-15-8-12(10-19)2-7-16(15)18(21)17(13)9-14/h2-3,5,7-9H,4,6H2,1H3. The molecule has 0 N–H and O–H groups in total. The van der Waals surface area contributed by atoms with E-state index in [9.17, 15) is 9.59 Å². The molecule has 0 aromatic heterocycles. The van der Waals surface area contributed by atoms with E-state index in [0.29, 0.717) is 22.3 Å². The Kier molecular flexibility index (Phi) is 3.15. The third-order valence-electron chi connectivity index (χ3n) is 3.90. The van der Waals surface area contributed by atoms with Crippen LogP contribution in [-0.2, 0) is 12.8 Å². The second-order valence-electron chi connectivity index (χ2n) is 5.24. The maximum absolute atomic E-state index is 12.7. The van der Waals surface area contributed by atoms with E-state index in [0.717, 1.165) is 24.0 Å². The van der Waals surface area contributed by atoms with Gasteiger partial charge in [-0.3, -0.25) is 9.59 Å². The molecule has 0 amide bonds. The molecule has 2 aromatic rings. The molecule has 0 aliphatic heterocycles. The van der Waals surface area contributed by atoms with Crippen molar-refractivity contribution in [3.8, 4) is 6.07 Å². The van der Waals surface area contributed by atoms with Gasteiger partial charge < -0.3 is 0 Å². The number of rotatable bonds is 1. The first-order valence-electron chi connectivity index (χ1n) is 6.82. The smallest absolute Gasteiger partial charge is 0.193 e. The second-order valence-corrected chi connectivity index (χ2v) is 5.24. The molecule has 3 heteroatoms. The minimum atomic E-state index is -0.0647. The average molecular weight is 275 g/mol. The predicted octanol–water partition coefficient (Wildman–Crippen LogP) is 3.09. The molecule has 0 atom stereocenters. The Labute approximate surface area is 122 Å². The quantitative estimate of drug-likeness (QED) is 0.751. The largest absolute Gasteiger partial charge is 0.295 e. The van der Waals surface area contributed by atoms with Gasteiger partial charge in [0, 0.05) is 16.7 Å². The first-order valence-corrected chi connectivity index (χ1v) is 6.82. The summed E-state index contributed by atoms with van der Waals surface area (Å²) < 4.78 is 0. The zero-order chi connectivity index (χ0) is 15.0. The van der Waals surface area contributed by atoms with Crippen LogP contribution in [0.4, 0.5) is 0 Å². The van der Waals surface area contributed by atoms with Crippen molar-refractivity contribution in [2.24, 2.45) is 0 Å². The first-order chi connectivity index (χ1) is 10.1. The number of ketones is 2. The van der Waals surface area contributed by atoms with Crippen molar-refractivity contribution in [2.75, 3.05) is 0 Å². The van der Waals surface area contributed by atoms with Crippen LogP contribution in [0.3, 0.4) is 0 Å². The number of aryl methyl sites for hydroxylation is 2. The second kappa shape index (κ2) is 4.99. The van der Waals surface area contributed by atoms with Crippen LogP contribution < -0.4 is 0 Å². The van der Waals surface area contributed by atoms with Gasteiger partial charge in [-0.2, -0.15) is 5.26 Å². The summed E-state index contributed by atoms with van der Waals surface area (Å²) in [6.45, 7) is 1.50. The van der Waals surface area contributed by atoms with Crippen molar-refractivity contribution in [1.82, 2.24) is 0 Å². The summed E-state index contributed by atoms with van der Waals surface area (Å²) in [6.07, 6.45) is 1.46. The Hall–Kier alpha value is -2.73. The third kappa shape index (κ3) is 2.25. The maximum atomic E-state index is 12.7. The number of benzene rings is 2. The molecule has 3 nitrogen and oxygen atoms in total. The SMILES string of the molecule is CC(=O)c1ccc2c(c1)C(=O)c1ccc(C#N)cc1CC2. The lowest BCUT2D eigenvalue weighted by atomic mass is 9.95. The van der Waals surface area contributed by atoms with Gasteiger partial charge in [0.15, 0.2) is 11.6 Å². The molecule has 0 saturated heterocycles. The van der Waals surface area contributed by atoms with Gasteiger partial charge in [-0.15, -0.1) is 0 Å². The van der Waals surface area contributed by atoms with Crippen molar-refractivity contribution in [3.63, 3.8) is 0 Å². The Bertz CT molecular complexity index is 812. The summed E-state index contributed by atoms with van der Waals surface area (Å²) >= 11 is 0. The Balaban J connectivity index is 2.16. The summed E-state index contributed by atoms with van der Waals surface area (Å²) in [5.74, 6) is -0.111. The van der Waals surface area contributed by atoms with Crippen LogP contribution in [0, 0.1) is 11.3 Å². The van der Waals surface area contributed by atoms with Gasteiger partial charge in [-0.1, -0.05) is 12.1 Å². The predicted molar refractivity (Wildman–Crippen MR) is 78.4 cm³/mol. The molecule has 0 fully saturated rings.